The third-order valence-electron chi connectivity index (χ3n) is 5.96. The van der Waals surface area contributed by atoms with Crippen molar-refractivity contribution in [2.45, 2.75) is 31.6 Å². The number of rotatable bonds is 8. The first-order chi connectivity index (χ1) is 17.3. The van der Waals surface area contributed by atoms with E-state index in [4.69, 9.17) is 0 Å². The highest BCUT2D eigenvalue weighted by molar-refractivity contribution is 5.76. The molecule has 1 fully saturated rings. The van der Waals surface area contributed by atoms with E-state index in [-0.39, 0.29) is 23.7 Å². The Morgan fingerprint density at radius 3 is 2.53 bits per heavy atom. The quantitative estimate of drug-likeness (QED) is 0.384. The molecule has 0 spiro atoms. The van der Waals surface area contributed by atoms with E-state index in [1.54, 1.807) is 0 Å². The number of anilines is 3. The van der Waals surface area contributed by atoms with Gasteiger partial charge < -0.3 is 16.0 Å². The summed E-state index contributed by atoms with van der Waals surface area (Å²) in [7, 11) is 0. The van der Waals surface area contributed by atoms with E-state index in [0.717, 1.165) is 49.5 Å². The van der Waals surface area contributed by atoms with E-state index in [1.165, 1.54) is 22.9 Å². The number of alkyl halides is 3. The van der Waals surface area contributed by atoms with Gasteiger partial charge in [-0.3, -0.25) is 9.36 Å². The minimum absolute atomic E-state index is 0.184. The second-order valence-corrected chi connectivity index (χ2v) is 8.47. The van der Waals surface area contributed by atoms with Gasteiger partial charge in [-0.05, 0) is 55.3 Å². The number of nitrogens with one attached hydrogen (secondary N) is 3. The number of fused-ring (bicyclic) bond motifs is 1. The van der Waals surface area contributed by atoms with Gasteiger partial charge in [-0.25, -0.2) is 4.98 Å². The summed E-state index contributed by atoms with van der Waals surface area (Å²) in [5, 5.41) is 10.5. The van der Waals surface area contributed by atoms with Crippen molar-refractivity contribution in [2.75, 3.05) is 23.7 Å². The van der Waals surface area contributed by atoms with Gasteiger partial charge in [-0.1, -0.05) is 25.3 Å². The zero-order chi connectivity index (χ0) is 25.7. The average molecular weight is 497 g/mol. The van der Waals surface area contributed by atoms with Gasteiger partial charge in [0.1, 0.15) is 5.65 Å². The van der Waals surface area contributed by atoms with Crippen molar-refractivity contribution >= 4 is 28.4 Å². The molecular formula is C26H27F3N6O. The normalized spacial score (nSPS) is 16.8. The first-order valence-corrected chi connectivity index (χ1v) is 11.5. The smallest absolute Gasteiger partial charge is 0.381 e. The summed E-state index contributed by atoms with van der Waals surface area (Å²) < 4.78 is 41.5. The number of piperidine rings is 1. The van der Waals surface area contributed by atoms with Gasteiger partial charge in [-0.2, -0.15) is 18.2 Å². The molecule has 1 aliphatic rings. The lowest BCUT2D eigenvalue weighted by Crippen LogP contribution is -2.38. The molecule has 2 aromatic heterocycles. The molecule has 0 radical (unpaired) electrons. The van der Waals surface area contributed by atoms with Crippen molar-refractivity contribution in [3.05, 3.63) is 89.4 Å². The maximum Gasteiger partial charge on any atom is 0.416 e. The second kappa shape index (κ2) is 10.8. The van der Waals surface area contributed by atoms with Crippen molar-refractivity contribution in [3.63, 3.8) is 0 Å². The summed E-state index contributed by atoms with van der Waals surface area (Å²) in [6, 6.07) is 10.8. The average Bonchev–Trinajstić information content (AvgIpc) is 2.86. The van der Waals surface area contributed by atoms with Crippen molar-refractivity contribution in [2.24, 2.45) is 0 Å². The van der Waals surface area contributed by atoms with Crippen LogP contribution in [-0.4, -0.2) is 39.8 Å². The molecule has 0 saturated carbocycles. The van der Waals surface area contributed by atoms with Crippen LogP contribution >= 0.6 is 0 Å². The highest BCUT2D eigenvalue weighted by Crippen LogP contribution is 2.30. The predicted octanol–water partition coefficient (Wildman–Crippen LogP) is 4.93. The molecule has 1 aromatic carbocycles. The molecule has 1 unspecified atom stereocenters. The molecule has 1 saturated heterocycles. The maximum absolute atomic E-state index is 13.4. The summed E-state index contributed by atoms with van der Waals surface area (Å²) in [5.74, 6) is 0.211. The number of benzene rings is 1. The van der Waals surface area contributed by atoms with E-state index in [9.17, 15) is 18.0 Å². The number of nitrogens with zero attached hydrogens (tertiary/aromatic N) is 3. The Hall–Kier alpha value is -3.92. The molecule has 4 rings (SSSR count). The Labute approximate surface area is 206 Å². The predicted molar refractivity (Wildman–Crippen MR) is 137 cm³/mol. The zero-order valence-electron chi connectivity index (χ0n) is 19.6. The molecule has 0 bridgehead atoms. The van der Waals surface area contributed by atoms with Gasteiger partial charge >= 0.3 is 6.18 Å². The lowest BCUT2D eigenvalue weighted by Gasteiger charge is -2.24. The van der Waals surface area contributed by atoms with Crippen LogP contribution in [0.4, 0.5) is 30.5 Å². The maximum atomic E-state index is 13.4. The van der Waals surface area contributed by atoms with Crippen molar-refractivity contribution in [1.29, 1.82) is 0 Å². The number of allylic oxidation sites excluding steroid dienone is 4. The van der Waals surface area contributed by atoms with Crippen molar-refractivity contribution in [3.8, 4) is 0 Å². The Balaban J connectivity index is 1.60. The Kier molecular flexibility index (Phi) is 7.54. The number of aromatic nitrogens is 3. The number of pyridine rings is 1. The van der Waals surface area contributed by atoms with E-state index in [1.807, 2.05) is 24.3 Å². The summed E-state index contributed by atoms with van der Waals surface area (Å²) in [6.07, 6.45) is 0.932. The molecule has 36 heavy (non-hydrogen) atoms. The molecule has 0 amide bonds. The number of hydrogen-bond acceptors (Lipinski definition) is 6. The summed E-state index contributed by atoms with van der Waals surface area (Å²) >= 11 is 0. The highest BCUT2D eigenvalue weighted by Gasteiger charge is 2.33. The Bertz CT molecular complexity index is 1340. The van der Waals surface area contributed by atoms with Gasteiger partial charge in [0.05, 0.1) is 12.1 Å². The third kappa shape index (κ3) is 5.83. The van der Waals surface area contributed by atoms with Crippen LogP contribution in [0.15, 0.2) is 83.8 Å². The van der Waals surface area contributed by atoms with Crippen LogP contribution in [-0.2, 0) is 6.54 Å². The molecular weight excluding hydrogens is 469 g/mol. The first-order valence-electron chi connectivity index (χ1n) is 11.5. The monoisotopic (exact) mass is 496 g/mol. The summed E-state index contributed by atoms with van der Waals surface area (Å²) in [4.78, 5) is 21.3. The molecule has 1 aliphatic heterocycles. The topological polar surface area (TPSA) is 83.9 Å². The molecule has 0 aliphatic carbocycles. The fourth-order valence-electron chi connectivity index (χ4n) is 4.13. The first kappa shape index (κ1) is 25.2. The number of hydrogen-bond donors (Lipinski definition) is 3. The van der Waals surface area contributed by atoms with Gasteiger partial charge in [0, 0.05) is 41.6 Å². The van der Waals surface area contributed by atoms with Crippen LogP contribution in [0.2, 0.25) is 0 Å². The largest absolute Gasteiger partial charge is 0.416 e. The van der Waals surface area contributed by atoms with Crippen LogP contribution in [0, 0.1) is 0 Å². The molecule has 3 N–H and O–H groups in total. The second-order valence-electron chi connectivity index (χ2n) is 8.47. The van der Waals surface area contributed by atoms with Crippen molar-refractivity contribution in [1.82, 2.24) is 19.9 Å². The minimum atomic E-state index is -4.63. The van der Waals surface area contributed by atoms with Crippen LogP contribution in [0.1, 0.15) is 12.8 Å². The van der Waals surface area contributed by atoms with Crippen molar-refractivity contribution < 1.29 is 13.2 Å². The summed E-state index contributed by atoms with van der Waals surface area (Å²) in [5.41, 5.74) is 0.291. The van der Waals surface area contributed by atoms with Gasteiger partial charge in [-0.15, -0.1) is 0 Å². The van der Waals surface area contributed by atoms with E-state index >= 15 is 0 Å². The lowest BCUT2D eigenvalue weighted by molar-refractivity contribution is -0.0889. The molecule has 3 heterocycles. The van der Waals surface area contributed by atoms with E-state index < -0.39 is 17.3 Å². The molecule has 188 valence electrons. The number of halogens is 3. The van der Waals surface area contributed by atoms with Crippen LogP contribution < -0.4 is 21.5 Å². The Morgan fingerprint density at radius 1 is 1.14 bits per heavy atom. The zero-order valence-corrected chi connectivity index (χ0v) is 19.6. The SMILES string of the molecule is C=C/C(Cn1c(=O)ccc2cnc(Nc3ccc(NC4CCCNC4)cc3)nc21)=C(\C=C)C(F)(F)F. The fraction of sp³-hybridized carbons (Fsp3) is 0.269. The van der Waals surface area contributed by atoms with Crippen LogP contribution in [0.3, 0.4) is 0 Å². The van der Waals surface area contributed by atoms with Crippen LogP contribution in [0.25, 0.3) is 11.0 Å². The van der Waals surface area contributed by atoms with Gasteiger partial charge in [0.2, 0.25) is 5.95 Å². The fourth-order valence-corrected chi connectivity index (χ4v) is 4.13. The molecule has 10 heteroatoms. The summed E-state index contributed by atoms with van der Waals surface area (Å²) in [6.45, 7) is 8.36. The third-order valence-corrected chi connectivity index (χ3v) is 5.96. The molecule has 3 aromatic rings. The molecule has 7 nitrogen and oxygen atoms in total. The standard InChI is InChI=1S/C26H27F3N6O/c1-3-17(22(4-2)26(27,28)29)16-35-23(36)12-7-18-14-31-25(34-24(18)35)33-20-10-8-19(9-11-20)32-21-6-5-13-30-15-21/h3-4,7-12,14,21,30,32H,1-2,5-6,13,15-16H2,(H,31,33,34)/b22-17-. The van der Waals surface area contributed by atoms with Gasteiger partial charge in [0.15, 0.2) is 0 Å². The highest BCUT2D eigenvalue weighted by atomic mass is 19.4. The van der Waals surface area contributed by atoms with Crippen LogP contribution in [0.5, 0.6) is 0 Å². The minimum Gasteiger partial charge on any atom is -0.381 e. The Morgan fingerprint density at radius 2 is 1.89 bits per heavy atom. The lowest BCUT2D eigenvalue weighted by atomic mass is 10.1. The van der Waals surface area contributed by atoms with Gasteiger partial charge in [0.25, 0.3) is 5.56 Å². The molecule has 1 atom stereocenters. The van der Waals surface area contributed by atoms with E-state index in [0.29, 0.717) is 11.4 Å². The van der Waals surface area contributed by atoms with E-state index in [2.05, 4.69) is 39.1 Å².